The van der Waals surface area contributed by atoms with Gasteiger partial charge in [-0.05, 0) is 30.9 Å². The first-order chi connectivity index (χ1) is 12.2. The van der Waals surface area contributed by atoms with Gasteiger partial charge >= 0.3 is 0 Å². The summed E-state index contributed by atoms with van der Waals surface area (Å²) >= 11 is 0. The molecule has 0 fully saturated rings. The molecule has 0 saturated carbocycles. The Balaban J connectivity index is 2.70. The van der Waals surface area contributed by atoms with E-state index in [4.69, 9.17) is 5.73 Å². The molecule has 0 unspecified atom stereocenters. The van der Waals surface area contributed by atoms with Gasteiger partial charge in [0.05, 0.1) is 10.8 Å². The standard InChI is InChI=1S/C18H27N3O4S/c1-12(2)11-16(20-13(3)22)18(24)21-15(17(19)23)9-10-26(25)14-7-5-4-6-8-14/h4-8,12,15-16H,9-11H2,1-3H3,(H2,19,23)(H,20,22)(H,21,24)/t15-,16+,26-/m1/s1. The number of nitrogens with two attached hydrogens (primary N) is 1. The first-order valence-electron chi connectivity index (χ1n) is 8.51. The number of nitrogens with one attached hydrogen (secondary N) is 2. The minimum atomic E-state index is -1.29. The van der Waals surface area contributed by atoms with Crippen molar-refractivity contribution in [2.24, 2.45) is 11.7 Å². The zero-order valence-electron chi connectivity index (χ0n) is 15.4. The minimum absolute atomic E-state index is 0.150. The number of primary amides is 1. The summed E-state index contributed by atoms with van der Waals surface area (Å²) in [6.45, 7) is 5.18. The number of amides is 3. The highest BCUT2D eigenvalue weighted by molar-refractivity contribution is 7.85. The summed E-state index contributed by atoms with van der Waals surface area (Å²) in [7, 11) is -1.29. The quantitative estimate of drug-likeness (QED) is 0.553. The molecule has 0 spiro atoms. The summed E-state index contributed by atoms with van der Waals surface area (Å²) in [5.41, 5.74) is 5.37. The predicted octanol–water partition coefficient (Wildman–Crippen LogP) is 0.705. The van der Waals surface area contributed by atoms with Crippen LogP contribution in [0.1, 0.15) is 33.6 Å². The zero-order valence-corrected chi connectivity index (χ0v) is 16.2. The summed E-state index contributed by atoms with van der Waals surface area (Å²) < 4.78 is 12.3. The van der Waals surface area contributed by atoms with Gasteiger partial charge in [-0.15, -0.1) is 0 Å². The van der Waals surface area contributed by atoms with Gasteiger partial charge in [0.25, 0.3) is 0 Å². The third kappa shape index (κ3) is 7.77. The molecule has 0 heterocycles. The number of rotatable bonds is 10. The summed E-state index contributed by atoms with van der Waals surface area (Å²) in [4.78, 5) is 36.1. The van der Waals surface area contributed by atoms with Gasteiger partial charge in [-0.1, -0.05) is 32.0 Å². The van der Waals surface area contributed by atoms with E-state index in [9.17, 15) is 18.6 Å². The first-order valence-corrected chi connectivity index (χ1v) is 9.82. The van der Waals surface area contributed by atoms with Gasteiger partial charge in [-0.2, -0.15) is 0 Å². The lowest BCUT2D eigenvalue weighted by molar-refractivity contribution is -0.131. The molecule has 26 heavy (non-hydrogen) atoms. The molecule has 7 nitrogen and oxygen atoms in total. The van der Waals surface area contributed by atoms with Crippen LogP contribution in [0.2, 0.25) is 0 Å². The van der Waals surface area contributed by atoms with E-state index in [1.54, 1.807) is 24.3 Å². The molecule has 0 aliphatic rings. The maximum atomic E-state index is 12.4. The molecule has 0 saturated heterocycles. The molecule has 0 aliphatic heterocycles. The molecular formula is C18H27N3O4S. The second kappa shape index (κ2) is 10.7. The van der Waals surface area contributed by atoms with Crippen LogP contribution in [0.4, 0.5) is 0 Å². The van der Waals surface area contributed by atoms with Gasteiger partial charge in [0, 0.05) is 17.6 Å². The molecule has 0 radical (unpaired) electrons. The van der Waals surface area contributed by atoms with E-state index in [2.05, 4.69) is 10.6 Å². The maximum absolute atomic E-state index is 12.4. The second-order valence-corrected chi connectivity index (χ2v) is 8.07. The molecule has 1 aromatic rings. The Bertz CT molecular complexity index is 649. The van der Waals surface area contributed by atoms with Crippen LogP contribution in [-0.4, -0.2) is 39.8 Å². The topological polar surface area (TPSA) is 118 Å². The number of hydrogen-bond donors (Lipinski definition) is 3. The van der Waals surface area contributed by atoms with Crippen molar-refractivity contribution in [1.82, 2.24) is 10.6 Å². The van der Waals surface area contributed by atoms with Crippen molar-refractivity contribution in [3.05, 3.63) is 30.3 Å². The summed E-state index contributed by atoms with van der Waals surface area (Å²) in [5, 5.41) is 5.15. The molecule has 0 bridgehead atoms. The number of hydrogen-bond acceptors (Lipinski definition) is 4. The molecule has 3 atom stereocenters. The Morgan fingerprint density at radius 1 is 1.08 bits per heavy atom. The average molecular weight is 381 g/mol. The smallest absolute Gasteiger partial charge is 0.243 e. The van der Waals surface area contributed by atoms with Crippen LogP contribution < -0.4 is 16.4 Å². The van der Waals surface area contributed by atoms with Gasteiger partial charge in [-0.25, -0.2) is 0 Å². The van der Waals surface area contributed by atoms with Crippen LogP contribution >= 0.6 is 0 Å². The van der Waals surface area contributed by atoms with Crippen LogP contribution in [-0.2, 0) is 25.2 Å². The zero-order chi connectivity index (χ0) is 19.7. The maximum Gasteiger partial charge on any atom is 0.243 e. The molecule has 0 aromatic heterocycles. The SMILES string of the molecule is CC(=O)N[C@@H](CC(C)C)C(=O)N[C@H](CC[S@@](=O)c1ccccc1)C(N)=O. The van der Waals surface area contributed by atoms with Crippen LogP contribution in [0.15, 0.2) is 35.2 Å². The van der Waals surface area contributed by atoms with Crippen molar-refractivity contribution in [1.29, 1.82) is 0 Å². The fraction of sp³-hybridized carbons (Fsp3) is 0.500. The Morgan fingerprint density at radius 3 is 2.19 bits per heavy atom. The number of benzene rings is 1. The van der Waals surface area contributed by atoms with E-state index < -0.39 is 34.7 Å². The Morgan fingerprint density at radius 2 is 1.69 bits per heavy atom. The number of carbonyl (C=O) groups is 3. The predicted molar refractivity (Wildman–Crippen MR) is 101 cm³/mol. The largest absolute Gasteiger partial charge is 0.368 e. The first kappa shape index (κ1) is 21.8. The molecule has 1 rings (SSSR count). The van der Waals surface area contributed by atoms with E-state index >= 15 is 0 Å². The number of carbonyl (C=O) groups excluding carboxylic acids is 3. The van der Waals surface area contributed by atoms with Gasteiger partial charge < -0.3 is 16.4 Å². The van der Waals surface area contributed by atoms with Crippen LogP contribution in [0, 0.1) is 5.92 Å². The third-order valence-electron chi connectivity index (χ3n) is 3.66. The molecule has 4 N–H and O–H groups in total. The van der Waals surface area contributed by atoms with E-state index in [0.29, 0.717) is 11.3 Å². The van der Waals surface area contributed by atoms with Gasteiger partial charge in [0.2, 0.25) is 17.7 Å². The molecule has 144 valence electrons. The Labute approximate surface area is 156 Å². The highest BCUT2D eigenvalue weighted by atomic mass is 32.2. The van der Waals surface area contributed by atoms with Crippen molar-refractivity contribution in [2.75, 3.05) is 5.75 Å². The van der Waals surface area contributed by atoms with Crippen molar-refractivity contribution in [3.63, 3.8) is 0 Å². The lowest BCUT2D eigenvalue weighted by Gasteiger charge is -2.22. The Kier molecular flexibility index (Phi) is 8.98. The van der Waals surface area contributed by atoms with E-state index in [0.717, 1.165) is 0 Å². The minimum Gasteiger partial charge on any atom is -0.368 e. The van der Waals surface area contributed by atoms with E-state index in [1.165, 1.54) is 6.92 Å². The summed E-state index contributed by atoms with van der Waals surface area (Å²) in [5.74, 6) is -1.13. The molecule has 1 aromatic carbocycles. The van der Waals surface area contributed by atoms with Crippen molar-refractivity contribution >= 4 is 28.5 Å². The van der Waals surface area contributed by atoms with Gasteiger partial charge in [0.1, 0.15) is 12.1 Å². The van der Waals surface area contributed by atoms with E-state index in [1.807, 2.05) is 19.9 Å². The Hall–Kier alpha value is -2.22. The van der Waals surface area contributed by atoms with Crippen LogP contribution in [0.5, 0.6) is 0 Å². The van der Waals surface area contributed by atoms with Crippen LogP contribution in [0.25, 0.3) is 0 Å². The monoisotopic (exact) mass is 381 g/mol. The lowest BCUT2D eigenvalue weighted by atomic mass is 10.0. The fourth-order valence-electron chi connectivity index (χ4n) is 2.42. The van der Waals surface area contributed by atoms with Crippen molar-refractivity contribution in [2.45, 2.75) is 50.6 Å². The highest BCUT2D eigenvalue weighted by Crippen LogP contribution is 2.09. The van der Waals surface area contributed by atoms with Gasteiger partial charge in [0.15, 0.2) is 0 Å². The van der Waals surface area contributed by atoms with Crippen molar-refractivity contribution in [3.8, 4) is 0 Å². The van der Waals surface area contributed by atoms with Crippen molar-refractivity contribution < 1.29 is 18.6 Å². The molecule has 8 heteroatoms. The lowest BCUT2D eigenvalue weighted by Crippen LogP contribution is -2.53. The molecular weight excluding hydrogens is 354 g/mol. The molecule has 3 amide bonds. The van der Waals surface area contributed by atoms with Crippen LogP contribution in [0.3, 0.4) is 0 Å². The third-order valence-corrected chi connectivity index (χ3v) is 5.06. The van der Waals surface area contributed by atoms with Gasteiger partial charge in [-0.3, -0.25) is 18.6 Å². The van der Waals surface area contributed by atoms with E-state index in [-0.39, 0.29) is 24.0 Å². The highest BCUT2D eigenvalue weighted by Gasteiger charge is 2.26. The molecule has 0 aliphatic carbocycles. The summed E-state index contributed by atoms with van der Waals surface area (Å²) in [6.07, 6.45) is 0.587. The summed E-state index contributed by atoms with van der Waals surface area (Å²) in [6, 6.07) is 7.18. The second-order valence-electron chi connectivity index (χ2n) is 6.50. The average Bonchev–Trinajstić information content (AvgIpc) is 2.57. The fourth-order valence-corrected chi connectivity index (χ4v) is 3.57. The normalized spacial score (nSPS) is 14.3.